The highest BCUT2D eigenvalue weighted by molar-refractivity contribution is 5.32. The van der Waals surface area contributed by atoms with E-state index in [1.807, 2.05) is 6.07 Å². The summed E-state index contributed by atoms with van der Waals surface area (Å²) >= 11 is 0. The van der Waals surface area contributed by atoms with Crippen molar-refractivity contribution < 1.29 is 10.2 Å². The molecule has 0 bridgehead atoms. The highest BCUT2D eigenvalue weighted by Crippen LogP contribution is 2.16. The van der Waals surface area contributed by atoms with E-state index in [4.69, 9.17) is 10.4 Å². The lowest BCUT2D eigenvalue weighted by molar-refractivity contribution is 0.134. The van der Waals surface area contributed by atoms with Crippen LogP contribution in [0.2, 0.25) is 0 Å². The topological polar surface area (TPSA) is 64.2 Å². The van der Waals surface area contributed by atoms with Crippen molar-refractivity contribution in [2.24, 2.45) is 0 Å². The van der Waals surface area contributed by atoms with E-state index in [1.54, 1.807) is 24.3 Å². The number of nitrogens with zero attached hydrogens (tertiary/aromatic N) is 1. The molecular formula is C10H11NO2. The summed E-state index contributed by atoms with van der Waals surface area (Å²) in [5, 5.41) is 26.5. The lowest BCUT2D eigenvalue weighted by atomic mass is 10.1. The lowest BCUT2D eigenvalue weighted by Crippen LogP contribution is -1.99. The second-order valence-corrected chi connectivity index (χ2v) is 2.76. The van der Waals surface area contributed by atoms with Gasteiger partial charge in [-0.2, -0.15) is 5.26 Å². The Hall–Kier alpha value is -1.37. The molecule has 0 saturated carbocycles. The number of nitriles is 1. The summed E-state index contributed by atoms with van der Waals surface area (Å²) in [4.78, 5) is 0. The Morgan fingerprint density at radius 2 is 1.92 bits per heavy atom. The van der Waals surface area contributed by atoms with E-state index in [1.165, 1.54) is 0 Å². The molecule has 1 rings (SSSR count). The first kappa shape index (κ1) is 9.72. The average Bonchev–Trinajstić information content (AvgIpc) is 2.18. The zero-order valence-electron chi connectivity index (χ0n) is 7.14. The largest absolute Gasteiger partial charge is 0.396 e. The Balaban J connectivity index is 2.75. The predicted molar refractivity (Wildman–Crippen MR) is 47.8 cm³/mol. The van der Waals surface area contributed by atoms with Crippen LogP contribution in [0, 0.1) is 11.3 Å². The molecule has 2 N–H and O–H groups in total. The molecule has 0 aliphatic heterocycles. The summed E-state index contributed by atoms with van der Waals surface area (Å²) in [5.74, 6) is 0. The fourth-order valence-corrected chi connectivity index (χ4v) is 1.07. The molecule has 1 aromatic rings. The summed E-state index contributed by atoms with van der Waals surface area (Å²) in [6.07, 6.45) is -0.316. The minimum Gasteiger partial charge on any atom is -0.396 e. The SMILES string of the molecule is N#Cc1ccc([C@@H](O)CCO)cc1. The van der Waals surface area contributed by atoms with Crippen LogP contribution in [0.1, 0.15) is 23.7 Å². The van der Waals surface area contributed by atoms with Crippen LogP contribution in [0.15, 0.2) is 24.3 Å². The van der Waals surface area contributed by atoms with Crippen molar-refractivity contribution in [1.82, 2.24) is 0 Å². The maximum atomic E-state index is 9.44. The highest BCUT2D eigenvalue weighted by Gasteiger charge is 2.05. The zero-order valence-corrected chi connectivity index (χ0v) is 7.14. The van der Waals surface area contributed by atoms with Crippen LogP contribution < -0.4 is 0 Å². The second kappa shape index (κ2) is 4.61. The maximum absolute atomic E-state index is 9.44. The van der Waals surface area contributed by atoms with Crippen LogP contribution in [0.5, 0.6) is 0 Å². The van der Waals surface area contributed by atoms with Gasteiger partial charge in [-0.1, -0.05) is 12.1 Å². The summed E-state index contributed by atoms with van der Waals surface area (Å²) in [7, 11) is 0. The summed E-state index contributed by atoms with van der Waals surface area (Å²) < 4.78 is 0. The molecule has 3 nitrogen and oxygen atoms in total. The summed E-state index contributed by atoms with van der Waals surface area (Å²) in [6, 6.07) is 8.68. The normalized spacial score (nSPS) is 12.1. The zero-order chi connectivity index (χ0) is 9.68. The number of rotatable bonds is 3. The standard InChI is InChI=1S/C10H11NO2/c11-7-8-1-3-9(4-2-8)10(13)5-6-12/h1-4,10,12-13H,5-6H2/t10-/m0/s1. The molecule has 0 saturated heterocycles. The van der Waals surface area contributed by atoms with Gasteiger partial charge in [0.15, 0.2) is 0 Å². The summed E-state index contributed by atoms with van der Waals surface area (Å²) in [5.41, 5.74) is 1.30. The summed E-state index contributed by atoms with van der Waals surface area (Å²) in [6.45, 7) is -0.0405. The van der Waals surface area contributed by atoms with E-state index in [2.05, 4.69) is 0 Å². The van der Waals surface area contributed by atoms with Gasteiger partial charge in [0, 0.05) is 13.0 Å². The predicted octanol–water partition coefficient (Wildman–Crippen LogP) is 0.974. The van der Waals surface area contributed by atoms with Crippen LogP contribution in [0.25, 0.3) is 0 Å². The molecule has 0 aliphatic rings. The molecule has 1 atom stereocenters. The lowest BCUT2D eigenvalue weighted by Gasteiger charge is -2.08. The molecule has 13 heavy (non-hydrogen) atoms. The van der Waals surface area contributed by atoms with Crippen LogP contribution in [-0.2, 0) is 0 Å². The molecule has 68 valence electrons. The first-order valence-electron chi connectivity index (χ1n) is 4.07. The third-order valence-corrected chi connectivity index (χ3v) is 1.83. The Bertz CT molecular complexity index is 300. The van der Waals surface area contributed by atoms with Crippen LogP contribution in [-0.4, -0.2) is 16.8 Å². The number of hydrogen-bond donors (Lipinski definition) is 2. The van der Waals surface area contributed by atoms with Crippen LogP contribution in [0.3, 0.4) is 0 Å². The van der Waals surface area contributed by atoms with Gasteiger partial charge in [0.1, 0.15) is 0 Å². The van der Waals surface area contributed by atoms with E-state index >= 15 is 0 Å². The van der Waals surface area contributed by atoms with Crippen molar-refractivity contribution in [1.29, 1.82) is 5.26 Å². The van der Waals surface area contributed by atoms with E-state index in [-0.39, 0.29) is 6.61 Å². The smallest absolute Gasteiger partial charge is 0.0991 e. The number of benzene rings is 1. The van der Waals surface area contributed by atoms with Gasteiger partial charge in [-0.25, -0.2) is 0 Å². The minimum absolute atomic E-state index is 0.0405. The average molecular weight is 177 g/mol. The van der Waals surface area contributed by atoms with Gasteiger partial charge >= 0.3 is 0 Å². The highest BCUT2D eigenvalue weighted by atomic mass is 16.3. The van der Waals surface area contributed by atoms with Crippen LogP contribution in [0.4, 0.5) is 0 Å². The molecule has 0 heterocycles. The molecule has 0 aliphatic carbocycles. The molecule has 0 amide bonds. The van der Waals surface area contributed by atoms with Gasteiger partial charge in [-0.3, -0.25) is 0 Å². The van der Waals surface area contributed by atoms with Gasteiger partial charge < -0.3 is 10.2 Å². The minimum atomic E-state index is -0.641. The first-order valence-corrected chi connectivity index (χ1v) is 4.07. The van der Waals surface area contributed by atoms with Gasteiger partial charge in [-0.15, -0.1) is 0 Å². The molecule has 1 aromatic carbocycles. The van der Waals surface area contributed by atoms with E-state index in [9.17, 15) is 5.11 Å². The van der Waals surface area contributed by atoms with E-state index in [0.29, 0.717) is 12.0 Å². The molecular weight excluding hydrogens is 166 g/mol. The Morgan fingerprint density at radius 1 is 1.31 bits per heavy atom. The molecule has 0 aromatic heterocycles. The van der Waals surface area contributed by atoms with Crippen molar-refractivity contribution in [3.63, 3.8) is 0 Å². The monoisotopic (exact) mass is 177 g/mol. The van der Waals surface area contributed by atoms with Crippen molar-refractivity contribution in [2.45, 2.75) is 12.5 Å². The molecule has 0 spiro atoms. The third-order valence-electron chi connectivity index (χ3n) is 1.83. The van der Waals surface area contributed by atoms with Crippen molar-refractivity contribution in [3.05, 3.63) is 35.4 Å². The van der Waals surface area contributed by atoms with Gasteiger partial charge in [0.25, 0.3) is 0 Å². The third kappa shape index (κ3) is 2.55. The van der Waals surface area contributed by atoms with E-state index in [0.717, 1.165) is 5.56 Å². The van der Waals surface area contributed by atoms with Crippen molar-refractivity contribution in [3.8, 4) is 6.07 Å². The number of aliphatic hydroxyl groups is 2. The fourth-order valence-electron chi connectivity index (χ4n) is 1.07. The van der Waals surface area contributed by atoms with Crippen LogP contribution >= 0.6 is 0 Å². The van der Waals surface area contributed by atoms with E-state index < -0.39 is 6.10 Å². The Morgan fingerprint density at radius 3 is 2.38 bits per heavy atom. The molecule has 0 fully saturated rings. The van der Waals surface area contributed by atoms with Crippen molar-refractivity contribution in [2.75, 3.05) is 6.61 Å². The van der Waals surface area contributed by atoms with Crippen molar-refractivity contribution >= 4 is 0 Å². The molecule has 0 unspecified atom stereocenters. The second-order valence-electron chi connectivity index (χ2n) is 2.76. The Kier molecular flexibility index (Phi) is 3.44. The number of hydrogen-bond acceptors (Lipinski definition) is 3. The number of aliphatic hydroxyl groups excluding tert-OH is 2. The maximum Gasteiger partial charge on any atom is 0.0991 e. The quantitative estimate of drug-likeness (QED) is 0.723. The Labute approximate surface area is 76.9 Å². The molecule has 3 heteroatoms. The fraction of sp³-hybridized carbons (Fsp3) is 0.300. The first-order chi connectivity index (χ1) is 6.27. The van der Waals surface area contributed by atoms with Gasteiger partial charge in [0.2, 0.25) is 0 Å². The van der Waals surface area contributed by atoms with Gasteiger partial charge in [-0.05, 0) is 17.7 Å². The van der Waals surface area contributed by atoms with Gasteiger partial charge in [0.05, 0.1) is 17.7 Å². The molecule has 0 radical (unpaired) electrons.